The van der Waals surface area contributed by atoms with Crippen LogP contribution < -0.4 is 11.1 Å². The highest BCUT2D eigenvalue weighted by Gasteiger charge is 2.72. The van der Waals surface area contributed by atoms with Gasteiger partial charge in [0.1, 0.15) is 12.1 Å². The van der Waals surface area contributed by atoms with Crippen molar-refractivity contribution in [1.29, 1.82) is 0 Å². The van der Waals surface area contributed by atoms with E-state index in [2.05, 4.69) is 5.32 Å². The number of hydrogen-bond donors (Lipinski definition) is 4. The molecule has 25 heavy (non-hydrogen) atoms. The van der Waals surface area contributed by atoms with E-state index in [1.54, 1.807) is 16.7 Å². The number of carboxylic acids is 2. The van der Waals surface area contributed by atoms with Crippen LogP contribution in [0.15, 0.2) is 0 Å². The number of carboxylic acid groups (broad SMARTS) is 2. The lowest BCUT2D eigenvalue weighted by Crippen LogP contribution is -2.72. The third kappa shape index (κ3) is 2.34. The predicted molar refractivity (Wildman–Crippen MR) is 93.4 cm³/mol. The Labute approximate surface area is 153 Å². The lowest BCUT2D eigenvalue weighted by molar-refractivity contribution is -0.157. The van der Waals surface area contributed by atoms with Crippen LogP contribution in [-0.2, 0) is 14.4 Å². The molecule has 8 nitrogen and oxygen atoms in total. The number of rotatable bonds is 5. The third-order valence-electron chi connectivity index (χ3n) is 5.99. The Hall–Kier alpha value is -0.970. The summed E-state index contributed by atoms with van der Waals surface area (Å²) in [5, 5.41) is 22.2. The van der Waals surface area contributed by atoms with Crippen molar-refractivity contribution in [3.05, 3.63) is 0 Å². The second-order valence-corrected chi connectivity index (χ2v) is 9.93. The lowest BCUT2D eigenvalue weighted by atomic mass is 9.86. The van der Waals surface area contributed by atoms with Crippen molar-refractivity contribution in [3.8, 4) is 0 Å². The quantitative estimate of drug-likeness (QED) is 0.494. The van der Waals surface area contributed by atoms with Crippen molar-refractivity contribution in [2.24, 2.45) is 5.73 Å². The first kappa shape index (κ1) is 17.4. The molecule has 4 aliphatic rings. The molecule has 3 heterocycles. The lowest BCUT2D eigenvalue weighted by Gasteiger charge is -2.51. The van der Waals surface area contributed by atoms with Crippen LogP contribution >= 0.6 is 23.5 Å². The van der Waals surface area contributed by atoms with Crippen LogP contribution in [0, 0.1) is 0 Å². The van der Waals surface area contributed by atoms with E-state index in [-0.39, 0.29) is 22.1 Å². The fraction of sp³-hybridized carbons (Fsp3) is 0.800. The number of piperazine rings is 1. The molecule has 10 heteroatoms. The average Bonchev–Trinajstić information content (AvgIpc) is 3.22. The third-order valence-corrected chi connectivity index (χ3v) is 9.00. The molecule has 1 amide bonds. The first-order valence-corrected chi connectivity index (χ1v) is 10.4. The molecule has 2 bridgehead atoms. The van der Waals surface area contributed by atoms with E-state index in [9.17, 15) is 19.5 Å². The highest BCUT2D eigenvalue weighted by Crippen LogP contribution is 2.62. The fourth-order valence-corrected chi connectivity index (χ4v) is 8.21. The summed E-state index contributed by atoms with van der Waals surface area (Å²) in [7, 11) is 0. The maximum atomic E-state index is 12.9. The molecule has 0 aromatic heterocycles. The van der Waals surface area contributed by atoms with Gasteiger partial charge < -0.3 is 20.8 Å². The van der Waals surface area contributed by atoms with Gasteiger partial charge in [-0.25, -0.2) is 4.79 Å². The topological polar surface area (TPSA) is 133 Å². The van der Waals surface area contributed by atoms with Crippen molar-refractivity contribution < 1.29 is 24.6 Å². The minimum absolute atomic E-state index is 0.0987. The number of amides is 1. The minimum atomic E-state index is -1.02. The zero-order valence-electron chi connectivity index (χ0n) is 13.5. The SMILES string of the molecule is NC(CSC1CC23NC(CS2)C(=O)N2C(C(=O)O)CCC23C1)C(=O)O. The van der Waals surface area contributed by atoms with Crippen molar-refractivity contribution >= 4 is 41.4 Å². The number of thioether (sulfide) groups is 2. The van der Waals surface area contributed by atoms with Gasteiger partial charge in [0.15, 0.2) is 0 Å². The maximum absolute atomic E-state index is 12.9. The van der Waals surface area contributed by atoms with Gasteiger partial charge in [0, 0.05) is 16.8 Å². The molecule has 138 valence electrons. The van der Waals surface area contributed by atoms with Gasteiger partial charge in [-0.2, -0.15) is 11.8 Å². The highest BCUT2D eigenvalue weighted by molar-refractivity contribution is 8.01. The van der Waals surface area contributed by atoms with E-state index in [0.29, 0.717) is 30.8 Å². The maximum Gasteiger partial charge on any atom is 0.326 e. The van der Waals surface area contributed by atoms with E-state index < -0.39 is 29.6 Å². The Bertz CT molecular complexity index is 649. The zero-order chi connectivity index (χ0) is 18.0. The number of hydrogen-bond acceptors (Lipinski definition) is 7. The first-order chi connectivity index (χ1) is 11.8. The average molecular weight is 387 g/mol. The number of carbonyl (C=O) groups is 3. The van der Waals surface area contributed by atoms with E-state index in [0.717, 1.165) is 6.42 Å². The smallest absolute Gasteiger partial charge is 0.326 e. The number of nitrogens with two attached hydrogens (primary N) is 1. The monoisotopic (exact) mass is 387 g/mol. The molecule has 6 atom stereocenters. The van der Waals surface area contributed by atoms with Gasteiger partial charge in [-0.3, -0.25) is 14.9 Å². The summed E-state index contributed by atoms with van der Waals surface area (Å²) in [5.74, 6) is -1.07. The standard InChI is InChI=1S/C15H21N3O5S2/c16-8(12(20)21)5-24-7-3-14-2-1-10(13(22)23)18(14)11(19)9-6-25-15(14,4-7)17-9/h7-10,17H,1-6,16H2,(H,20,21)(H,22,23). The number of aliphatic carboxylic acids is 2. The van der Waals surface area contributed by atoms with E-state index >= 15 is 0 Å². The molecule has 2 spiro atoms. The number of carbonyl (C=O) groups excluding carboxylic acids is 1. The van der Waals surface area contributed by atoms with Gasteiger partial charge in [0.2, 0.25) is 5.91 Å². The summed E-state index contributed by atoms with van der Waals surface area (Å²) >= 11 is 3.26. The van der Waals surface area contributed by atoms with Gasteiger partial charge in [-0.05, 0) is 25.7 Å². The molecule has 5 N–H and O–H groups in total. The normalized spacial score (nSPS) is 43.0. The Morgan fingerprint density at radius 2 is 2.20 bits per heavy atom. The van der Waals surface area contributed by atoms with Crippen molar-refractivity contribution in [3.63, 3.8) is 0 Å². The van der Waals surface area contributed by atoms with Crippen LogP contribution in [-0.4, -0.2) is 78.2 Å². The summed E-state index contributed by atoms with van der Waals surface area (Å²) in [5.41, 5.74) is 5.13. The molecule has 1 aliphatic carbocycles. The number of fused-ring (bicyclic) bond motifs is 1. The van der Waals surface area contributed by atoms with Crippen molar-refractivity contribution in [2.45, 2.75) is 59.5 Å². The van der Waals surface area contributed by atoms with Crippen LogP contribution in [0.3, 0.4) is 0 Å². The van der Waals surface area contributed by atoms with Gasteiger partial charge in [-0.15, -0.1) is 11.8 Å². The molecule has 0 radical (unpaired) electrons. The Morgan fingerprint density at radius 3 is 2.88 bits per heavy atom. The number of nitrogens with one attached hydrogen (secondary N) is 1. The largest absolute Gasteiger partial charge is 0.480 e. The van der Waals surface area contributed by atoms with Gasteiger partial charge in [0.05, 0.1) is 16.5 Å². The van der Waals surface area contributed by atoms with Crippen LogP contribution in [0.25, 0.3) is 0 Å². The molecular formula is C15H21N3O5S2. The van der Waals surface area contributed by atoms with Gasteiger partial charge in [-0.1, -0.05) is 0 Å². The molecule has 4 fully saturated rings. The molecule has 0 aromatic carbocycles. The van der Waals surface area contributed by atoms with Crippen LogP contribution in [0.4, 0.5) is 0 Å². The molecule has 0 aromatic rings. The molecule has 3 aliphatic heterocycles. The highest BCUT2D eigenvalue weighted by atomic mass is 32.2. The summed E-state index contributed by atoms with van der Waals surface area (Å²) in [6.45, 7) is 0. The summed E-state index contributed by atoms with van der Waals surface area (Å²) in [6, 6.07) is -1.98. The summed E-state index contributed by atoms with van der Waals surface area (Å²) in [4.78, 5) is 36.8. The van der Waals surface area contributed by atoms with Crippen molar-refractivity contribution in [1.82, 2.24) is 10.2 Å². The molecule has 3 saturated heterocycles. The van der Waals surface area contributed by atoms with E-state index in [1.165, 1.54) is 11.8 Å². The molecular weight excluding hydrogens is 366 g/mol. The van der Waals surface area contributed by atoms with Crippen LogP contribution in [0.2, 0.25) is 0 Å². The van der Waals surface area contributed by atoms with Gasteiger partial charge >= 0.3 is 11.9 Å². The van der Waals surface area contributed by atoms with Crippen LogP contribution in [0.5, 0.6) is 0 Å². The second-order valence-electron chi connectivity index (χ2n) is 7.28. The molecule has 1 saturated carbocycles. The second kappa shape index (κ2) is 5.77. The minimum Gasteiger partial charge on any atom is -0.480 e. The Morgan fingerprint density at radius 1 is 1.44 bits per heavy atom. The van der Waals surface area contributed by atoms with Crippen molar-refractivity contribution in [2.75, 3.05) is 11.5 Å². The van der Waals surface area contributed by atoms with E-state index in [1.807, 2.05) is 0 Å². The van der Waals surface area contributed by atoms with Crippen LogP contribution in [0.1, 0.15) is 25.7 Å². The molecule has 4 rings (SSSR count). The van der Waals surface area contributed by atoms with E-state index in [4.69, 9.17) is 10.8 Å². The first-order valence-electron chi connectivity index (χ1n) is 8.37. The predicted octanol–water partition coefficient (Wildman–Crippen LogP) is -0.477. The Kier molecular flexibility index (Phi) is 4.02. The molecule has 6 unspecified atom stereocenters. The number of nitrogens with zero attached hydrogens (tertiary/aromatic N) is 1. The Balaban J connectivity index is 1.61. The zero-order valence-corrected chi connectivity index (χ0v) is 15.1. The summed E-state index contributed by atoms with van der Waals surface area (Å²) < 4.78 is 0. The fourth-order valence-electron chi connectivity index (χ4n) is 4.95. The van der Waals surface area contributed by atoms with Gasteiger partial charge in [0.25, 0.3) is 0 Å². The summed E-state index contributed by atoms with van der Waals surface area (Å²) in [6.07, 6.45) is 2.63.